The highest BCUT2D eigenvalue weighted by molar-refractivity contribution is 5.36. The molecule has 4 rings (SSSR count). The van der Waals surface area contributed by atoms with Crippen molar-refractivity contribution in [2.24, 2.45) is 0 Å². The maximum atomic E-state index is 13.4. The van der Waals surface area contributed by atoms with Crippen LogP contribution in [0.3, 0.4) is 0 Å². The normalized spacial score (nSPS) is 17.3. The number of nitro groups is 1. The summed E-state index contributed by atoms with van der Waals surface area (Å²) in [5.41, 5.74) is 1.54. The van der Waals surface area contributed by atoms with Crippen LogP contribution >= 0.6 is 0 Å². The van der Waals surface area contributed by atoms with E-state index in [-0.39, 0.29) is 5.56 Å². The van der Waals surface area contributed by atoms with E-state index < -0.39 is 16.4 Å². The van der Waals surface area contributed by atoms with Gasteiger partial charge in [-0.15, -0.1) is 0 Å². The Balaban J connectivity index is 1.54. The molecule has 7 nitrogen and oxygen atoms in total. The molecule has 1 aliphatic carbocycles. The minimum atomic E-state index is -0.842. The first-order chi connectivity index (χ1) is 12.0. The van der Waals surface area contributed by atoms with Crippen LogP contribution in [-0.2, 0) is 19.5 Å². The largest absolute Gasteiger partial charge is 0.310 e. The van der Waals surface area contributed by atoms with Crippen LogP contribution in [0.5, 0.6) is 0 Å². The van der Waals surface area contributed by atoms with E-state index in [4.69, 9.17) is 0 Å². The molecule has 1 N–H and O–H groups in total. The topological polar surface area (TPSA) is 92.1 Å². The van der Waals surface area contributed by atoms with Crippen molar-refractivity contribution < 1.29 is 9.31 Å². The zero-order valence-electron chi connectivity index (χ0n) is 13.5. The number of hydrogen-bond donors (Lipinski definition) is 1. The van der Waals surface area contributed by atoms with E-state index in [0.717, 1.165) is 30.4 Å². The second kappa shape index (κ2) is 6.03. The molecule has 0 atom stereocenters. The highest BCUT2D eigenvalue weighted by atomic mass is 19.1. The molecule has 0 amide bonds. The first kappa shape index (κ1) is 15.9. The number of nitro benzene ring substituents is 1. The fourth-order valence-electron chi connectivity index (χ4n) is 3.24. The third-order valence-electron chi connectivity index (χ3n) is 4.74. The molecule has 1 aromatic heterocycles. The van der Waals surface area contributed by atoms with E-state index in [2.05, 4.69) is 9.97 Å². The molecule has 0 unspecified atom stereocenters. The second-order valence-electron chi connectivity index (χ2n) is 6.65. The van der Waals surface area contributed by atoms with Crippen molar-refractivity contribution in [1.82, 2.24) is 14.9 Å². The minimum absolute atomic E-state index is 0.0957. The summed E-state index contributed by atoms with van der Waals surface area (Å²) < 4.78 is 13.4. The van der Waals surface area contributed by atoms with Crippen LogP contribution in [0.2, 0.25) is 0 Å². The molecular formula is C17H17FN4O3. The van der Waals surface area contributed by atoms with Crippen molar-refractivity contribution in [3.8, 4) is 0 Å². The van der Waals surface area contributed by atoms with Crippen LogP contribution in [0.4, 0.5) is 10.1 Å². The second-order valence-corrected chi connectivity index (χ2v) is 6.65. The third kappa shape index (κ3) is 3.17. The summed E-state index contributed by atoms with van der Waals surface area (Å²) in [4.78, 5) is 32.0. The third-order valence-corrected chi connectivity index (χ3v) is 4.74. The standard InChI is InChI=1S/C17H17FN4O3/c18-13-4-1-10(7-15(13)22(24)25)8-21-6-5-14-12(9-21)17(23)20-16(19-14)11-2-3-11/h1,4,7,11H,2-3,5-6,8-9H2,(H,19,20,23). The summed E-state index contributed by atoms with van der Waals surface area (Å²) in [6.45, 7) is 1.57. The van der Waals surface area contributed by atoms with Crippen molar-refractivity contribution in [3.05, 3.63) is 67.1 Å². The summed E-state index contributed by atoms with van der Waals surface area (Å²) in [6, 6.07) is 3.90. The summed E-state index contributed by atoms with van der Waals surface area (Å²) >= 11 is 0. The lowest BCUT2D eigenvalue weighted by Gasteiger charge is -2.27. The van der Waals surface area contributed by atoms with Gasteiger partial charge in [-0.2, -0.15) is 4.39 Å². The Hall–Kier alpha value is -2.61. The Morgan fingerprint density at radius 2 is 2.20 bits per heavy atom. The van der Waals surface area contributed by atoms with Gasteiger partial charge in [-0.05, 0) is 24.5 Å². The van der Waals surface area contributed by atoms with Gasteiger partial charge in [-0.1, -0.05) is 6.07 Å². The molecule has 25 heavy (non-hydrogen) atoms. The number of nitrogens with one attached hydrogen (secondary N) is 1. The van der Waals surface area contributed by atoms with Gasteiger partial charge in [0.25, 0.3) is 5.56 Å². The summed E-state index contributed by atoms with van der Waals surface area (Å²) in [7, 11) is 0. The zero-order valence-corrected chi connectivity index (χ0v) is 13.5. The van der Waals surface area contributed by atoms with Crippen molar-refractivity contribution in [3.63, 3.8) is 0 Å². The Morgan fingerprint density at radius 3 is 2.92 bits per heavy atom. The molecule has 8 heteroatoms. The fourth-order valence-corrected chi connectivity index (χ4v) is 3.24. The summed E-state index contributed by atoms with van der Waals surface area (Å²) in [6.07, 6.45) is 2.83. The van der Waals surface area contributed by atoms with Crippen molar-refractivity contribution in [2.75, 3.05) is 6.54 Å². The van der Waals surface area contributed by atoms with Crippen molar-refractivity contribution in [2.45, 2.75) is 38.3 Å². The SMILES string of the molecule is O=c1[nH]c(C2CC2)nc2c1CN(Cc1ccc(F)c([N+](=O)[O-])c1)CC2. The van der Waals surface area contributed by atoms with Crippen molar-refractivity contribution in [1.29, 1.82) is 0 Å². The Bertz CT molecular complexity index is 907. The summed E-state index contributed by atoms with van der Waals surface area (Å²) in [5, 5.41) is 10.9. The van der Waals surface area contributed by atoms with E-state index in [1.807, 2.05) is 4.90 Å². The van der Waals surface area contributed by atoms with Gasteiger partial charge in [-0.3, -0.25) is 19.8 Å². The Morgan fingerprint density at radius 1 is 1.40 bits per heavy atom. The number of fused-ring (bicyclic) bond motifs is 1. The molecular weight excluding hydrogens is 327 g/mol. The monoisotopic (exact) mass is 344 g/mol. The van der Waals surface area contributed by atoms with E-state index in [1.54, 1.807) is 0 Å². The van der Waals surface area contributed by atoms with Crippen LogP contribution in [0.15, 0.2) is 23.0 Å². The Kier molecular flexibility index (Phi) is 3.84. The van der Waals surface area contributed by atoms with Crippen molar-refractivity contribution >= 4 is 5.69 Å². The zero-order chi connectivity index (χ0) is 17.6. The lowest BCUT2D eigenvalue weighted by atomic mass is 10.1. The predicted molar refractivity (Wildman–Crippen MR) is 87.7 cm³/mol. The van der Waals surface area contributed by atoms with Gasteiger partial charge in [0, 0.05) is 38.0 Å². The Labute approximate surface area is 142 Å². The highest BCUT2D eigenvalue weighted by Crippen LogP contribution is 2.37. The van der Waals surface area contributed by atoms with Crippen LogP contribution in [0.25, 0.3) is 0 Å². The van der Waals surface area contributed by atoms with E-state index in [0.29, 0.717) is 43.1 Å². The molecule has 0 spiro atoms. The fraction of sp³-hybridized carbons (Fsp3) is 0.412. The molecule has 2 heterocycles. The predicted octanol–water partition coefficient (Wildman–Crippen LogP) is 2.25. The van der Waals surface area contributed by atoms with E-state index >= 15 is 0 Å². The molecule has 1 aliphatic heterocycles. The van der Waals surface area contributed by atoms with Crippen LogP contribution in [-0.4, -0.2) is 26.3 Å². The van der Waals surface area contributed by atoms with Gasteiger partial charge in [0.05, 0.1) is 16.2 Å². The molecule has 0 radical (unpaired) electrons. The van der Waals surface area contributed by atoms with E-state index in [9.17, 15) is 19.3 Å². The molecule has 2 aromatic rings. The molecule has 2 aliphatic rings. The van der Waals surface area contributed by atoms with Crippen LogP contribution in [0, 0.1) is 15.9 Å². The average Bonchev–Trinajstić information content (AvgIpc) is 3.42. The molecule has 1 fully saturated rings. The van der Waals surface area contributed by atoms with E-state index in [1.165, 1.54) is 12.1 Å². The number of hydrogen-bond acceptors (Lipinski definition) is 5. The minimum Gasteiger partial charge on any atom is -0.310 e. The van der Waals surface area contributed by atoms with Gasteiger partial charge in [0.2, 0.25) is 5.82 Å². The quantitative estimate of drug-likeness (QED) is 0.678. The molecule has 1 saturated carbocycles. The molecule has 0 saturated heterocycles. The molecule has 130 valence electrons. The molecule has 1 aromatic carbocycles. The highest BCUT2D eigenvalue weighted by Gasteiger charge is 2.29. The van der Waals surface area contributed by atoms with Crippen LogP contribution < -0.4 is 5.56 Å². The number of aromatic nitrogens is 2. The first-order valence-corrected chi connectivity index (χ1v) is 8.28. The van der Waals surface area contributed by atoms with Gasteiger partial charge in [0.15, 0.2) is 0 Å². The number of aromatic amines is 1. The first-order valence-electron chi connectivity index (χ1n) is 8.28. The van der Waals surface area contributed by atoms with Gasteiger partial charge in [-0.25, -0.2) is 4.98 Å². The number of nitrogens with zero attached hydrogens (tertiary/aromatic N) is 3. The number of H-pyrrole nitrogens is 1. The van der Waals surface area contributed by atoms with Gasteiger partial charge < -0.3 is 4.98 Å². The smallest absolute Gasteiger partial charge is 0.305 e. The number of rotatable bonds is 4. The summed E-state index contributed by atoms with van der Waals surface area (Å²) in [5.74, 6) is 0.355. The lowest BCUT2D eigenvalue weighted by Crippen LogP contribution is -2.35. The maximum Gasteiger partial charge on any atom is 0.305 e. The van der Waals surface area contributed by atoms with Crippen LogP contribution in [0.1, 0.15) is 41.4 Å². The molecule has 0 bridgehead atoms. The van der Waals surface area contributed by atoms with Gasteiger partial charge >= 0.3 is 5.69 Å². The lowest BCUT2D eigenvalue weighted by molar-refractivity contribution is -0.387. The average molecular weight is 344 g/mol. The number of halogens is 1. The maximum absolute atomic E-state index is 13.4. The van der Waals surface area contributed by atoms with Gasteiger partial charge in [0.1, 0.15) is 5.82 Å². The number of benzene rings is 1.